The molecule has 0 aliphatic heterocycles. The van der Waals surface area contributed by atoms with Gasteiger partial charge in [-0.15, -0.1) is 5.10 Å². The molecule has 11 heteroatoms. The van der Waals surface area contributed by atoms with Crippen LogP contribution in [0, 0.1) is 0 Å². The van der Waals surface area contributed by atoms with Crippen molar-refractivity contribution in [2.45, 2.75) is 0 Å². The molecule has 0 unspecified atom stereocenters. The zero-order chi connectivity index (χ0) is 14.3. The highest BCUT2D eigenvalue weighted by molar-refractivity contribution is 7.60. The van der Waals surface area contributed by atoms with Gasteiger partial charge < -0.3 is 14.5 Å². The second kappa shape index (κ2) is 4.37. The molecular weight excluding hydrogens is 287 g/mol. The predicted octanol–water partition coefficient (Wildman–Crippen LogP) is -0.674. The standard InChI is InChI=1S/C9H9N6O4P/c1-19-6-2-3-7-10-4-5(8-11-13-14-12-8)15(7)9(6)20(16,17)18/h2-4H,1H3,(H2,16,17,18)(H,11,12,13,14). The van der Waals surface area contributed by atoms with E-state index in [4.69, 9.17) is 4.74 Å². The minimum absolute atomic E-state index is 0.0533. The number of nitrogens with zero attached hydrogens (tertiary/aromatic N) is 5. The van der Waals surface area contributed by atoms with Crippen molar-refractivity contribution < 1.29 is 19.1 Å². The highest BCUT2D eigenvalue weighted by Gasteiger charge is 2.28. The smallest absolute Gasteiger partial charge is 0.376 e. The molecule has 0 saturated carbocycles. The number of H-pyrrole nitrogens is 1. The number of methoxy groups -OCH3 is 1. The summed E-state index contributed by atoms with van der Waals surface area (Å²) in [7, 11) is -3.27. The first-order valence-corrected chi connectivity index (χ1v) is 6.98. The molecule has 0 saturated heterocycles. The lowest BCUT2D eigenvalue weighted by Crippen LogP contribution is -2.18. The van der Waals surface area contributed by atoms with Crippen LogP contribution < -0.4 is 10.2 Å². The fourth-order valence-corrected chi connectivity index (χ4v) is 2.83. The Morgan fingerprint density at radius 2 is 2.20 bits per heavy atom. The average molecular weight is 296 g/mol. The lowest BCUT2D eigenvalue weighted by atomic mass is 10.4. The molecule has 3 N–H and O–H groups in total. The van der Waals surface area contributed by atoms with Crippen LogP contribution >= 0.6 is 7.60 Å². The van der Waals surface area contributed by atoms with Crippen LogP contribution in [0.3, 0.4) is 0 Å². The van der Waals surface area contributed by atoms with E-state index in [0.717, 1.165) is 0 Å². The summed E-state index contributed by atoms with van der Waals surface area (Å²) in [6.45, 7) is 0. The Kier molecular flexibility index (Phi) is 2.78. The highest BCUT2D eigenvalue weighted by Crippen LogP contribution is 2.38. The molecule has 3 aromatic heterocycles. The molecule has 0 atom stereocenters. The van der Waals surface area contributed by atoms with Gasteiger partial charge in [0.05, 0.1) is 13.3 Å². The van der Waals surface area contributed by atoms with Crippen molar-refractivity contribution in [1.82, 2.24) is 30.0 Å². The number of pyridine rings is 1. The zero-order valence-electron chi connectivity index (χ0n) is 10.1. The summed E-state index contributed by atoms with van der Waals surface area (Å²) in [4.78, 5) is 23.2. The summed E-state index contributed by atoms with van der Waals surface area (Å²) in [5, 5.41) is 13.1. The van der Waals surface area contributed by atoms with Crippen molar-refractivity contribution in [3.05, 3.63) is 18.3 Å². The van der Waals surface area contributed by atoms with Crippen LogP contribution in [0.1, 0.15) is 0 Å². The maximum atomic E-state index is 11.8. The first-order valence-electron chi connectivity index (χ1n) is 5.37. The van der Waals surface area contributed by atoms with E-state index < -0.39 is 7.60 Å². The Morgan fingerprint density at radius 1 is 1.40 bits per heavy atom. The number of aromatic amines is 1. The van der Waals surface area contributed by atoms with E-state index >= 15 is 0 Å². The van der Waals surface area contributed by atoms with Gasteiger partial charge in [-0.2, -0.15) is 0 Å². The maximum absolute atomic E-state index is 11.8. The molecule has 10 nitrogen and oxygen atoms in total. The SMILES string of the molecule is COc1ccc2ncc(-c3nnn[nH]3)n2c1P(=O)(O)O. The van der Waals surface area contributed by atoms with Crippen molar-refractivity contribution in [2.24, 2.45) is 0 Å². The third kappa shape index (κ3) is 1.86. The minimum Gasteiger partial charge on any atom is -0.494 e. The van der Waals surface area contributed by atoms with E-state index in [1.807, 2.05) is 0 Å². The van der Waals surface area contributed by atoms with Gasteiger partial charge in [-0.05, 0) is 22.6 Å². The molecule has 3 rings (SSSR count). The molecule has 0 spiro atoms. The number of fused-ring (bicyclic) bond motifs is 1. The van der Waals surface area contributed by atoms with Crippen LogP contribution in [0.2, 0.25) is 0 Å². The van der Waals surface area contributed by atoms with E-state index in [1.54, 1.807) is 6.07 Å². The Labute approximate surface area is 111 Å². The van der Waals surface area contributed by atoms with Gasteiger partial charge in [-0.25, -0.2) is 10.1 Å². The lowest BCUT2D eigenvalue weighted by molar-refractivity contribution is 0.378. The zero-order valence-corrected chi connectivity index (χ0v) is 11.0. The Hall–Kier alpha value is -2.29. The molecule has 0 aliphatic rings. The summed E-state index contributed by atoms with van der Waals surface area (Å²) in [6, 6.07) is 3.02. The number of aromatic nitrogens is 6. The maximum Gasteiger partial charge on any atom is 0.376 e. The number of hydrogen-bond donors (Lipinski definition) is 3. The predicted molar refractivity (Wildman–Crippen MR) is 66.6 cm³/mol. The van der Waals surface area contributed by atoms with Crippen molar-refractivity contribution in [3.8, 4) is 17.3 Å². The van der Waals surface area contributed by atoms with Gasteiger partial charge in [-0.1, -0.05) is 0 Å². The monoisotopic (exact) mass is 296 g/mol. The Morgan fingerprint density at radius 3 is 2.80 bits per heavy atom. The summed E-state index contributed by atoms with van der Waals surface area (Å²) in [6.07, 6.45) is 1.41. The average Bonchev–Trinajstić information content (AvgIpc) is 3.04. The van der Waals surface area contributed by atoms with Crippen LogP contribution in [-0.2, 0) is 4.57 Å². The van der Waals surface area contributed by atoms with E-state index in [-0.39, 0.29) is 17.0 Å². The number of ether oxygens (including phenoxy) is 1. The second-order valence-electron chi connectivity index (χ2n) is 3.86. The first-order chi connectivity index (χ1) is 9.52. The fourth-order valence-electron chi connectivity index (χ4n) is 1.91. The molecule has 3 aromatic rings. The van der Waals surface area contributed by atoms with E-state index in [0.29, 0.717) is 11.3 Å². The van der Waals surface area contributed by atoms with Gasteiger partial charge in [0.15, 0.2) is 17.0 Å². The number of tetrazole rings is 1. The second-order valence-corrected chi connectivity index (χ2v) is 5.37. The van der Waals surface area contributed by atoms with Crippen molar-refractivity contribution in [2.75, 3.05) is 7.11 Å². The van der Waals surface area contributed by atoms with E-state index in [2.05, 4.69) is 25.6 Å². The van der Waals surface area contributed by atoms with Crippen molar-refractivity contribution in [1.29, 1.82) is 0 Å². The number of rotatable bonds is 3. The summed E-state index contributed by atoms with van der Waals surface area (Å²) in [5.74, 6) is 0.290. The number of hydrogen-bond acceptors (Lipinski definition) is 6. The normalized spacial score (nSPS) is 11.9. The minimum atomic E-state index is -4.60. The van der Waals surface area contributed by atoms with Crippen LogP contribution in [0.15, 0.2) is 18.3 Å². The molecular formula is C9H9N6O4P. The van der Waals surface area contributed by atoms with Gasteiger partial charge >= 0.3 is 7.60 Å². The molecule has 0 bridgehead atoms. The van der Waals surface area contributed by atoms with Crippen LogP contribution in [-0.4, -0.2) is 46.9 Å². The Balaban J connectivity index is 2.43. The lowest BCUT2D eigenvalue weighted by Gasteiger charge is -2.13. The molecule has 20 heavy (non-hydrogen) atoms. The summed E-state index contributed by atoms with van der Waals surface area (Å²) < 4.78 is 18.0. The number of nitrogens with one attached hydrogen (secondary N) is 1. The first kappa shape index (κ1) is 12.7. The van der Waals surface area contributed by atoms with Crippen molar-refractivity contribution >= 4 is 18.7 Å². The topological polar surface area (TPSA) is 139 Å². The van der Waals surface area contributed by atoms with Crippen LogP contribution in [0.5, 0.6) is 5.75 Å². The molecule has 104 valence electrons. The third-order valence-electron chi connectivity index (χ3n) is 2.69. The quantitative estimate of drug-likeness (QED) is 0.541. The number of imidazole rings is 1. The van der Waals surface area contributed by atoms with Gasteiger partial charge in [0.2, 0.25) is 0 Å². The van der Waals surface area contributed by atoms with Gasteiger partial charge in [0.1, 0.15) is 11.3 Å². The molecule has 3 heterocycles. The van der Waals surface area contributed by atoms with Gasteiger partial charge in [0, 0.05) is 0 Å². The van der Waals surface area contributed by atoms with E-state index in [9.17, 15) is 14.4 Å². The molecule has 0 fully saturated rings. The largest absolute Gasteiger partial charge is 0.494 e. The summed E-state index contributed by atoms with van der Waals surface area (Å²) >= 11 is 0. The molecule has 0 aromatic carbocycles. The van der Waals surface area contributed by atoms with Crippen LogP contribution in [0.4, 0.5) is 0 Å². The Bertz CT molecular complexity index is 807. The van der Waals surface area contributed by atoms with Crippen LogP contribution in [0.25, 0.3) is 17.2 Å². The molecule has 0 amide bonds. The van der Waals surface area contributed by atoms with Gasteiger partial charge in [-0.3, -0.25) is 8.97 Å². The van der Waals surface area contributed by atoms with Crippen molar-refractivity contribution in [3.63, 3.8) is 0 Å². The van der Waals surface area contributed by atoms with Gasteiger partial charge in [0.25, 0.3) is 0 Å². The summed E-state index contributed by atoms with van der Waals surface area (Å²) in [5.41, 5.74) is 0.360. The molecule has 0 radical (unpaired) electrons. The van der Waals surface area contributed by atoms with E-state index in [1.165, 1.54) is 23.8 Å². The fraction of sp³-hybridized carbons (Fsp3) is 0.111. The molecule has 0 aliphatic carbocycles. The third-order valence-corrected chi connectivity index (χ3v) is 3.66. The highest BCUT2D eigenvalue weighted by atomic mass is 31.2.